The standard InChI is InChI=1S/C26H24ClF4N5O4/c1-39-19-12-18-15(22(34-13-33-18)35-17-4-2-3-16(27)21(17)28)11-20(19)40-14-5-7-25(8-6-14)23(37)32-9-10-36(25)24(38)26(29,30)31/h2-4,11-14H,5-10H2,1H3,(H,32,37)(H,33,34,35)/t14-,25-. The molecule has 1 saturated carbocycles. The van der Waals surface area contributed by atoms with Crippen LogP contribution in [0.1, 0.15) is 25.7 Å². The van der Waals surface area contributed by atoms with Crippen LogP contribution in [-0.4, -0.2) is 64.7 Å². The number of benzene rings is 2. The molecule has 1 aliphatic heterocycles. The molecule has 0 radical (unpaired) electrons. The van der Waals surface area contributed by atoms with Crippen molar-refractivity contribution >= 4 is 45.8 Å². The van der Waals surface area contributed by atoms with Gasteiger partial charge < -0.3 is 25.0 Å². The minimum absolute atomic E-state index is 0.00875. The molecule has 0 unspecified atom stereocenters. The first kappa shape index (κ1) is 27.7. The fourth-order valence-electron chi connectivity index (χ4n) is 5.24. The van der Waals surface area contributed by atoms with Gasteiger partial charge in [0, 0.05) is 24.5 Å². The van der Waals surface area contributed by atoms with Gasteiger partial charge in [0.05, 0.1) is 29.4 Å². The van der Waals surface area contributed by atoms with Crippen molar-refractivity contribution in [1.29, 1.82) is 0 Å². The number of carbonyl (C=O) groups excluding carboxylic acids is 2. The highest BCUT2D eigenvalue weighted by Gasteiger charge is 2.56. The molecule has 1 saturated heterocycles. The van der Waals surface area contributed by atoms with Crippen LogP contribution in [0.25, 0.3) is 10.9 Å². The van der Waals surface area contributed by atoms with Gasteiger partial charge in [-0.05, 0) is 43.9 Å². The summed E-state index contributed by atoms with van der Waals surface area (Å²) in [6.45, 7) is -0.273. The zero-order valence-corrected chi connectivity index (χ0v) is 21.9. The maximum atomic E-state index is 14.5. The first-order chi connectivity index (χ1) is 19.0. The van der Waals surface area contributed by atoms with Gasteiger partial charge in [-0.15, -0.1) is 0 Å². The van der Waals surface area contributed by atoms with Crippen molar-refractivity contribution in [2.45, 2.75) is 43.5 Å². The Morgan fingerprint density at radius 1 is 1.20 bits per heavy atom. The number of aromatic nitrogens is 2. The Labute approximate surface area is 230 Å². The smallest absolute Gasteiger partial charge is 0.471 e. The lowest BCUT2D eigenvalue weighted by Crippen LogP contribution is -2.69. The summed E-state index contributed by atoms with van der Waals surface area (Å²) in [5, 5.41) is 5.93. The number of carbonyl (C=O) groups is 2. The van der Waals surface area contributed by atoms with E-state index in [9.17, 15) is 27.2 Å². The molecule has 1 aliphatic carbocycles. The van der Waals surface area contributed by atoms with Gasteiger partial charge in [0.1, 0.15) is 17.7 Å². The molecule has 40 heavy (non-hydrogen) atoms. The number of ether oxygens (including phenoxy) is 2. The highest BCUT2D eigenvalue weighted by molar-refractivity contribution is 6.31. The molecule has 2 aliphatic rings. The minimum atomic E-state index is -5.09. The van der Waals surface area contributed by atoms with Gasteiger partial charge in [0.25, 0.3) is 0 Å². The fraction of sp³-hybridized carbons (Fsp3) is 0.385. The second-order valence-corrected chi connectivity index (χ2v) is 9.94. The van der Waals surface area contributed by atoms with E-state index in [1.54, 1.807) is 18.2 Å². The highest BCUT2D eigenvalue weighted by Crippen LogP contribution is 2.41. The average molecular weight is 582 g/mol. The summed E-state index contributed by atoms with van der Waals surface area (Å²) in [4.78, 5) is 34.0. The zero-order valence-electron chi connectivity index (χ0n) is 21.1. The first-order valence-electron chi connectivity index (χ1n) is 12.4. The number of rotatable bonds is 5. The molecule has 1 aromatic heterocycles. The predicted octanol–water partition coefficient (Wildman–Crippen LogP) is 4.76. The third-order valence-corrected chi connectivity index (χ3v) is 7.52. The van der Waals surface area contributed by atoms with Crippen LogP contribution in [0, 0.1) is 5.82 Å². The molecule has 2 heterocycles. The zero-order chi connectivity index (χ0) is 28.7. The van der Waals surface area contributed by atoms with Gasteiger partial charge >= 0.3 is 12.1 Å². The Kier molecular flexibility index (Phi) is 7.34. The lowest BCUT2D eigenvalue weighted by Gasteiger charge is -2.49. The van der Waals surface area contributed by atoms with E-state index in [1.807, 2.05) is 0 Å². The van der Waals surface area contributed by atoms with Crippen molar-refractivity contribution in [1.82, 2.24) is 20.2 Å². The second-order valence-electron chi connectivity index (χ2n) is 9.53. The minimum Gasteiger partial charge on any atom is -0.493 e. The molecule has 14 heteroatoms. The molecule has 2 amide bonds. The Morgan fingerprint density at radius 2 is 1.95 bits per heavy atom. The molecular weight excluding hydrogens is 558 g/mol. The number of anilines is 2. The number of hydrogen-bond donors (Lipinski definition) is 2. The lowest BCUT2D eigenvalue weighted by molar-refractivity contribution is -0.196. The number of methoxy groups -OCH3 is 1. The summed E-state index contributed by atoms with van der Waals surface area (Å²) in [6.07, 6.45) is -3.87. The van der Waals surface area contributed by atoms with E-state index in [2.05, 4.69) is 20.6 Å². The number of piperazine rings is 1. The van der Waals surface area contributed by atoms with E-state index < -0.39 is 35.5 Å². The van der Waals surface area contributed by atoms with Crippen LogP contribution in [0.2, 0.25) is 5.02 Å². The summed E-state index contributed by atoms with van der Waals surface area (Å²) in [5.74, 6) is -2.34. The van der Waals surface area contributed by atoms with Crippen LogP contribution < -0.4 is 20.1 Å². The third kappa shape index (κ3) is 5.05. The molecule has 212 valence electrons. The monoisotopic (exact) mass is 581 g/mol. The van der Waals surface area contributed by atoms with Crippen molar-refractivity contribution in [2.75, 3.05) is 25.5 Å². The summed E-state index contributed by atoms with van der Waals surface area (Å²) in [6, 6.07) is 7.74. The van der Waals surface area contributed by atoms with E-state index in [1.165, 1.54) is 25.6 Å². The Morgan fingerprint density at radius 3 is 2.65 bits per heavy atom. The van der Waals surface area contributed by atoms with Gasteiger partial charge in [-0.25, -0.2) is 14.4 Å². The summed E-state index contributed by atoms with van der Waals surface area (Å²) >= 11 is 5.90. The molecule has 0 bridgehead atoms. The molecule has 9 nitrogen and oxygen atoms in total. The fourth-order valence-corrected chi connectivity index (χ4v) is 5.41. The Bertz CT molecular complexity index is 1460. The van der Waals surface area contributed by atoms with Gasteiger partial charge in [-0.1, -0.05) is 17.7 Å². The Balaban J connectivity index is 1.40. The van der Waals surface area contributed by atoms with Crippen LogP contribution >= 0.6 is 11.6 Å². The van der Waals surface area contributed by atoms with E-state index in [-0.39, 0.29) is 55.3 Å². The second kappa shape index (κ2) is 10.6. The van der Waals surface area contributed by atoms with Crippen LogP contribution in [-0.2, 0) is 9.59 Å². The van der Waals surface area contributed by atoms with E-state index in [0.717, 1.165) is 0 Å². The maximum absolute atomic E-state index is 14.5. The molecule has 1 spiro atoms. The molecule has 2 aromatic carbocycles. The molecule has 2 fully saturated rings. The number of hydrogen-bond acceptors (Lipinski definition) is 7. The molecule has 3 aromatic rings. The SMILES string of the molecule is COc1cc2ncnc(Nc3cccc(Cl)c3F)c2cc1O[C@H]1CC[C@]2(CC1)C(=O)NCCN2C(=O)C(F)(F)F. The van der Waals surface area contributed by atoms with Gasteiger partial charge in [-0.3, -0.25) is 9.59 Å². The van der Waals surface area contributed by atoms with E-state index >= 15 is 0 Å². The summed E-state index contributed by atoms with van der Waals surface area (Å²) < 4.78 is 66.0. The molecular formula is C26H24ClF4N5O4. The van der Waals surface area contributed by atoms with Crippen LogP contribution in [0.5, 0.6) is 11.5 Å². The number of alkyl halides is 3. The highest BCUT2D eigenvalue weighted by atomic mass is 35.5. The van der Waals surface area contributed by atoms with Gasteiger partial charge in [0.2, 0.25) is 5.91 Å². The predicted molar refractivity (Wildman–Crippen MR) is 137 cm³/mol. The third-order valence-electron chi connectivity index (χ3n) is 7.23. The first-order valence-corrected chi connectivity index (χ1v) is 12.8. The number of nitrogens with zero attached hydrogens (tertiary/aromatic N) is 3. The van der Waals surface area contributed by atoms with Crippen molar-refractivity contribution in [3.8, 4) is 11.5 Å². The number of halogens is 5. The van der Waals surface area contributed by atoms with Gasteiger partial charge in [-0.2, -0.15) is 13.2 Å². The van der Waals surface area contributed by atoms with E-state index in [4.69, 9.17) is 21.1 Å². The van der Waals surface area contributed by atoms with Crippen LogP contribution in [0.15, 0.2) is 36.7 Å². The normalized spacial score (nSPS) is 21.3. The van der Waals surface area contributed by atoms with Crippen molar-refractivity contribution in [3.63, 3.8) is 0 Å². The largest absolute Gasteiger partial charge is 0.493 e. The molecule has 5 rings (SSSR count). The van der Waals surface area contributed by atoms with Crippen molar-refractivity contribution in [3.05, 3.63) is 47.5 Å². The van der Waals surface area contributed by atoms with Crippen LogP contribution in [0.4, 0.5) is 29.1 Å². The van der Waals surface area contributed by atoms with Gasteiger partial charge in [0.15, 0.2) is 17.3 Å². The van der Waals surface area contributed by atoms with Crippen molar-refractivity contribution < 1.29 is 36.6 Å². The quantitative estimate of drug-likeness (QED) is 0.419. The summed E-state index contributed by atoms with van der Waals surface area (Å²) in [5.41, 5.74) is -1.01. The summed E-state index contributed by atoms with van der Waals surface area (Å²) in [7, 11) is 1.44. The number of fused-ring (bicyclic) bond motifs is 1. The lowest BCUT2D eigenvalue weighted by atomic mass is 9.77. The molecule has 2 N–H and O–H groups in total. The Hall–Kier alpha value is -3.87. The maximum Gasteiger partial charge on any atom is 0.471 e. The van der Waals surface area contributed by atoms with Crippen LogP contribution in [0.3, 0.4) is 0 Å². The average Bonchev–Trinajstić information content (AvgIpc) is 2.93. The topological polar surface area (TPSA) is 106 Å². The molecule has 0 atom stereocenters. The number of nitrogens with one attached hydrogen (secondary N) is 2. The van der Waals surface area contributed by atoms with E-state index in [0.29, 0.717) is 27.3 Å². The number of amides is 2. The van der Waals surface area contributed by atoms with Crippen molar-refractivity contribution in [2.24, 2.45) is 0 Å².